The summed E-state index contributed by atoms with van der Waals surface area (Å²) in [4.78, 5) is 14.4. The number of hydrogen-bond acceptors (Lipinski definition) is 3. The van der Waals surface area contributed by atoms with E-state index in [0.29, 0.717) is 18.1 Å². The van der Waals surface area contributed by atoms with E-state index in [1.54, 1.807) is 0 Å². The molecule has 24 heavy (non-hydrogen) atoms. The lowest BCUT2D eigenvalue weighted by Crippen LogP contribution is -2.49. The van der Waals surface area contributed by atoms with E-state index in [9.17, 15) is 4.79 Å². The first-order valence-electron chi connectivity index (χ1n) is 8.66. The molecule has 0 aliphatic carbocycles. The number of nitrogens with zero attached hydrogens (tertiary/aromatic N) is 1. The summed E-state index contributed by atoms with van der Waals surface area (Å²) in [6, 6.07) is 5.74. The minimum absolute atomic E-state index is 0. The molecule has 2 heterocycles. The summed E-state index contributed by atoms with van der Waals surface area (Å²) in [5, 5.41) is 3.62. The minimum Gasteiger partial charge on any atom is -0.483 e. The molecule has 1 aromatic rings. The largest absolute Gasteiger partial charge is 0.483 e. The Balaban J connectivity index is 0.00000208. The van der Waals surface area contributed by atoms with Gasteiger partial charge >= 0.3 is 0 Å². The third-order valence-corrected chi connectivity index (χ3v) is 5.33. The van der Waals surface area contributed by atoms with E-state index in [-0.39, 0.29) is 24.9 Å². The Bertz CT molecular complexity index is 570. The smallest absolute Gasteiger partial charge is 0.260 e. The van der Waals surface area contributed by atoms with E-state index in [1.165, 1.54) is 18.4 Å². The van der Waals surface area contributed by atoms with Crippen molar-refractivity contribution in [3.8, 4) is 5.75 Å². The van der Waals surface area contributed by atoms with Gasteiger partial charge in [0.2, 0.25) is 0 Å². The van der Waals surface area contributed by atoms with Crippen molar-refractivity contribution < 1.29 is 9.53 Å². The second-order valence-electron chi connectivity index (χ2n) is 7.28. The van der Waals surface area contributed by atoms with Crippen molar-refractivity contribution in [3.63, 3.8) is 0 Å². The van der Waals surface area contributed by atoms with Crippen molar-refractivity contribution in [2.24, 2.45) is 0 Å². The fraction of sp³-hybridized carbons (Fsp3) is 0.632. The number of carbonyl (C=O) groups excluding carboxylic acids is 1. The average molecular weight is 353 g/mol. The number of fused-ring (bicyclic) bond motifs is 2. The Kier molecular flexibility index (Phi) is 6.16. The summed E-state index contributed by atoms with van der Waals surface area (Å²) in [5.74, 6) is 0.929. The van der Waals surface area contributed by atoms with Gasteiger partial charge in [0.25, 0.3) is 5.91 Å². The van der Waals surface area contributed by atoms with Crippen LogP contribution in [-0.2, 0) is 4.79 Å². The summed E-state index contributed by atoms with van der Waals surface area (Å²) in [5.41, 5.74) is 3.41. The monoisotopic (exact) mass is 352 g/mol. The third-order valence-electron chi connectivity index (χ3n) is 5.33. The summed E-state index contributed by atoms with van der Waals surface area (Å²) in [6.45, 7) is 6.27. The van der Waals surface area contributed by atoms with Crippen molar-refractivity contribution in [1.29, 1.82) is 0 Å². The van der Waals surface area contributed by atoms with Gasteiger partial charge < -0.3 is 15.0 Å². The number of amides is 1. The van der Waals surface area contributed by atoms with E-state index in [2.05, 4.69) is 24.4 Å². The van der Waals surface area contributed by atoms with Crippen molar-refractivity contribution in [3.05, 3.63) is 28.8 Å². The number of halogens is 1. The van der Waals surface area contributed by atoms with E-state index < -0.39 is 0 Å². The van der Waals surface area contributed by atoms with E-state index in [0.717, 1.165) is 29.7 Å². The normalized spacial score (nSPS) is 25.1. The zero-order valence-corrected chi connectivity index (χ0v) is 15.9. The molecule has 2 atom stereocenters. The molecule has 2 bridgehead atoms. The third kappa shape index (κ3) is 4.04. The lowest BCUT2D eigenvalue weighted by Gasteiger charge is -2.35. The first kappa shape index (κ1) is 19.1. The van der Waals surface area contributed by atoms with Crippen LogP contribution >= 0.6 is 12.4 Å². The molecule has 0 spiro atoms. The lowest BCUT2D eigenvalue weighted by atomic mass is 9.98. The Morgan fingerprint density at radius 2 is 1.71 bits per heavy atom. The van der Waals surface area contributed by atoms with Crippen LogP contribution in [-0.4, -0.2) is 42.6 Å². The van der Waals surface area contributed by atoms with Crippen molar-refractivity contribution in [1.82, 2.24) is 10.2 Å². The Morgan fingerprint density at radius 3 is 2.25 bits per heavy atom. The molecule has 1 N–H and O–H groups in total. The number of likely N-dealkylation sites (N-methyl/N-ethyl adjacent to an activating group) is 1. The quantitative estimate of drug-likeness (QED) is 0.905. The maximum absolute atomic E-state index is 12.5. The van der Waals surface area contributed by atoms with Crippen molar-refractivity contribution in [2.75, 3.05) is 13.7 Å². The molecule has 1 aromatic carbocycles. The topological polar surface area (TPSA) is 41.6 Å². The predicted octanol–water partition coefficient (Wildman–Crippen LogP) is 3.15. The predicted molar refractivity (Wildman–Crippen MR) is 99.1 cm³/mol. The second kappa shape index (κ2) is 7.75. The van der Waals surface area contributed by atoms with Gasteiger partial charge in [0.15, 0.2) is 6.61 Å². The Morgan fingerprint density at radius 1 is 1.17 bits per heavy atom. The van der Waals surface area contributed by atoms with Crippen molar-refractivity contribution >= 4 is 18.3 Å². The van der Waals surface area contributed by atoms with Gasteiger partial charge in [-0.3, -0.25) is 4.79 Å². The maximum atomic E-state index is 12.5. The molecule has 0 saturated carbocycles. The maximum Gasteiger partial charge on any atom is 0.260 e. The number of nitrogens with one attached hydrogen (secondary N) is 1. The molecule has 2 saturated heterocycles. The molecule has 4 nitrogen and oxygen atoms in total. The average Bonchev–Trinajstić information content (AvgIpc) is 2.83. The number of hydrogen-bond donors (Lipinski definition) is 1. The Hall–Kier alpha value is -1.26. The van der Waals surface area contributed by atoms with Gasteiger partial charge in [-0.15, -0.1) is 12.4 Å². The van der Waals surface area contributed by atoms with Crippen LogP contribution in [0.2, 0.25) is 0 Å². The SMILES string of the molecule is Cc1cc(C)c(OCC(=O)N(C)C2CC3CCC(C2)N3)c(C)c1.Cl. The summed E-state index contributed by atoms with van der Waals surface area (Å²) < 4.78 is 5.86. The number of rotatable bonds is 4. The highest BCUT2D eigenvalue weighted by molar-refractivity contribution is 5.85. The number of benzene rings is 1. The zero-order chi connectivity index (χ0) is 16.6. The van der Waals surface area contributed by atoms with Gasteiger partial charge in [-0.2, -0.15) is 0 Å². The van der Waals surface area contributed by atoms with Crippen LogP contribution in [0.15, 0.2) is 12.1 Å². The molecule has 2 fully saturated rings. The summed E-state index contributed by atoms with van der Waals surface area (Å²) in [7, 11) is 1.93. The molecule has 1 amide bonds. The van der Waals surface area contributed by atoms with Gasteiger partial charge in [0.1, 0.15) is 5.75 Å². The first-order valence-corrected chi connectivity index (χ1v) is 8.66. The number of piperidine rings is 1. The van der Waals surface area contributed by atoms with Gasteiger partial charge in [0, 0.05) is 25.2 Å². The zero-order valence-electron chi connectivity index (χ0n) is 15.1. The molecule has 0 aromatic heterocycles. The lowest BCUT2D eigenvalue weighted by molar-refractivity contribution is -0.134. The van der Waals surface area contributed by atoms with Gasteiger partial charge in [-0.1, -0.05) is 17.7 Å². The highest BCUT2D eigenvalue weighted by Crippen LogP contribution is 2.29. The van der Waals surface area contributed by atoms with Crippen LogP contribution in [0.1, 0.15) is 42.4 Å². The highest BCUT2D eigenvalue weighted by atomic mass is 35.5. The highest BCUT2D eigenvalue weighted by Gasteiger charge is 2.36. The standard InChI is InChI=1S/C19H28N2O2.ClH/c1-12-7-13(2)19(14(3)8-12)23-11-18(22)21(4)17-9-15-5-6-16(10-17)20-15;/h7-8,15-17,20H,5-6,9-11H2,1-4H3;1H. The van der Waals surface area contributed by atoms with Gasteiger partial charge in [-0.25, -0.2) is 0 Å². The molecule has 2 aliphatic heterocycles. The number of ether oxygens (including phenoxy) is 1. The molecule has 0 radical (unpaired) electrons. The van der Waals surface area contributed by atoms with Crippen LogP contribution in [0.4, 0.5) is 0 Å². The molecule has 2 aliphatic rings. The van der Waals surface area contributed by atoms with Crippen LogP contribution in [0, 0.1) is 20.8 Å². The fourth-order valence-corrected chi connectivity index (χ4v) is 4.18. The van der Waals surface area contributed by atoms with Crippen LogP contribution in [0.25, 0.3) is 0 Å². The van der Waals surface area contributed by atoms with E-state index in [1.807, 2.05) is 25.8 Å². The minimum atomic E-state index is 0. The van der Waals surface area contributed by atoms with E-state index >= 15 is 0 Å². The van der Waals surface area contributed by atoms with Crippen LogP contribution < -0.4 is 10.1 Å². The molecule has 2 unspecified atom stereocenters. The Labute approximate surface area is 151 Å². The van der Waals surface area contributed by atoms with Crippen molar-refractivity contribution in [2.45, 2.75) is 64.6 Å². The van der Waals surface area contributed by atoms with E-state index in [4.69, 9.17) is 4.74 Å². The van der Waals surface area contributed by atoms with Crippen LogP contribution in [0.5, 0.6) is 5.75 Å². The second-order valence-corrected chi connectivity index (χ2v) is 7.28. The van der Waals surface area contributed by atoms with Gasteiger partial charge in [0.05, 0.1) is 0 Å². The fourth-order valence-electron chi connectivity index (χ4n) is 4.18. The first-order chi connectivity index (χ1) is 10.9. The molecule has 134 valence electrons. The molecular formula is C19H29ClN2O2. The van der Waals surface area contributed by atoms with Crippen LogP contribution in [0.3, 0.4) is 0 Å². The molecule has 5 heteroatoms. The van der Waals surface area contributed by atoms with Gasteiger partial charge in [-0.05, 0) is 57.6 Å². The molecule has 3 rings (SSSR count). The summed E-state index contributed by atoms with van der Waals surface area (Å²) >= 11 is 0. The summed E-state index contributed by atoms with van der Waals surface area (Å²) in [6.07, 6.45) is 4.64. The number of carbonyl (C=O) groups is 1. The number of aryl methyl sites for hydroxylation is 3. The molecular weight excluding hydrogens is 324 g/mol.